The lowest BCUT2D eigenvalue weighted by Gasteiger charge is -2.30. The Morgan fingerprint density at radius 2 is 1.90 bits per heavy atom. The number of amides is 1. The van der Waals surface area contributed by atoms with Gasteiger partial charge in [-0.25, -0.2) is 0 Å². The van der Waals surface area contributed by atoms with Crippen LogP contribution in [-0.2, 0) is 11.3 Å². The highest BCUT2D eigenvalue weighted by molar-refractivity contribution is 9.10. The average molecular weight is 455 g/mol. The minimum absolute atomic E-state index is 0.0172. The monoisotopic (exact) mass is 454 g/mol. The minimum atomic E-state index is 0.0172. The second-order valence-corrected chi connectivity index (χ2v) is 8.20. The van der Waals surface area contributed by atoms with Crippen LogP contribution < -0.4 is 5.32 Å². The molecule has 29 heavy (non-hydrogen) atoms. The maximum atomic E-state index is 12.6. The maximum absolute atomic E-state index is 12.6. The molecule has 1 fully saturated rings. The molecule has 1 aromatic heterocycles. The average Bonchev–Trinajstić information content (AvgIpc) is 3.19. The van der Waals surface area contributed by atoms with Crippen LogP contribution in [0.2, 0.25) is 0 Å². The Kier molecular flexibility index (Phi) is 6.06. The lowest BCUT2D eigenvalue weighted by molar-refractivity contribution is -0.121. The molecule has 4 rings (SSSR count). The first kappa shape index (κ1) is 19.8. The Bertz CT molecular complexity index is 996. The molecule has 0 atom stereocenters. The van der Waals surface area contributed by atoms with E-state index in [1.807, 2.05) is 55.5 Å². The zero-order valence-corrected chi connectivity index (χ0v) is 17.9. The fraction of sp³-hybridized carbons (Fsp3) is 0.318. The Morgan fingerprint density at radius 1 is 1.17 bits per heavy atom. The molecular formula is C22H23BrN4O2. The molecule has 2 aromatic carbocycles. The van der Waals surface area contributed by atoms with Crippen molar-refractivity contribution in [2.75, 3.05) is 18.4 Å². The van der Waals surface area contributed by atoms with Gasteiger partial charge in [-0.05, 0) is 66.5 Å². The van der Waals surface area contributed by atoms with Crippen LogP contribution >= 0.6 is 15.9 Å². The third-order valence-electron chi connectivity index (χ3n) is 5.30. The number of carbonyl (C=O) groups is 1. The highest BCUT2D eigenvalue weighted by atomic mass is 79.9. The number of hydrogen-bond donors (Lipinski definition) is 1. The van der Waals surface area contributed by atoms with Crippen molar-refractivity contribution >= 4 is 27.5 Å². The Balaban J connectivity index is 1.31. The van der Waals surface area contributed by atoms with E-state index in [4.69, 9.17) is 4.52 Å². The number of piperidine rings is 1. The number of benzene rings is 2. The summed E-state index contributed by atoms with van der Waals surface area (Å²) >= 11 is 3.47. The molecule has 0 aliphatic carbocycles. The smallest absolute Gasteiger partial charge is 0.241 e. The van der Waals surface area contributed by atoms with Crippen LogP contribution in [0.25, 0.3) is 11.4 Å². The first-order chi connectivity index (χ1) is 14.1. The molecular weight excluding hydrogens is 432 g/mol. The SMILES string of the molecule is Cc1ccccc1-c1noc(CN2CCC(C(=O)Nc3ccccc3Br)CC2)n1. The summed E-state index contributed by atoms with van der Waals surface area (Å²) in [5.41, 5.74) is 2.93. The van der Waals surface area contributed by atoms with E-state index in [1.165, 1.54) is 0 Å². The predicted molar refractivity (Wildman–Crippen MR) is 115 cm³/mol. The highest BCUT2D eigenvalue weighted by Gasteiger charge is 2.26. The van der Waals surface area contributed by atoms with Crippen LogP contribution in [0.3, 0.4) is 0 Å². The first-order valence-corrected chi connectivity index (χ1v) is 10.6. The lowest BCUT2D eigenvalue weighted by atomic mass is 9.96. The number of nitrogens with one attached hydrogen (secondary N) is 1. The van der Waals surface area contributed by atoms with E-state index in [0.717, 1.165) is 47.2 Å². The summed E-state index contributed by atoms with van der Waals surface area (Å²) in [4.78, 5) is 19.4. The molecule has 0 bridgehead atoms. The third-order valence-corrected chi connectivity index (χ3v) is 5.99. The first-order valence-electron chi connectivity index (χ1n) is 9.76. The molecule has 6 nitrogen and oxygen atoms in total. The van der Waals surface area contributed by atoms with E-state index in [-0.39, 0.29) is 11.8 Å². The van der Waals surface area contributed by atoms with E-state index in [9.17, 15) is 4.79 Å². The summed E-state index contributed by atoms with van der Waals surface area (Å²) in [6.07, 6.45) is 1.63. The summed E-state index contributed by atoms with van der Waals surface area (Å²) < 4.78 is 6.35. The quantitative estimate of drug-likeness (QED) is 0.606. The molecule has 1 aliphatic heterocycles. The summed E-state index contributed by atoms with van der Waals surface area (Å²) in [5, 5.41) is 7.16. The number of nitrogens with zero attached hydrogens (tertiary/aromatic N) is 3. The number of carbonyl (C=O) groups excluding carboxylic acids is 1. The molecule has 2 heterocycles. The maximum Gasteiger partial charge on any atom is 0.241 e. The molecule has 150 valence electrons. The highest BCUT2D eigenvalue weighted by Crippen LogP contribution is 2.25. The molecule has 1 aliphatic rings. The van der Waals surface area contributed by atoms with Gasteiger partial charge in [-0.2, -0.15) is 4.98 Å². The van der Waals surface area contributed by atoms with Gasteiger partial charge in [0.1, 0.15) is 0 Å². The van der Waals surface area contributed by atoms with Crippen LogP contribution in [0, 0.1) is 12.8 Å². The number of para-hydroxylation sites is 1. The van der Waals surface area contributed by atoms with E-state index < -0.39 is 0 Å². The van der Waals surface area contributed by atoms with Crippen molar-refractivity contribution in [3.05, 3.63) is 64.5 Å². The van der Waals surface area contributed by atoms with Crippen LogP contribution in [-0.4, -0.2) is 34.0 Å². The third kappa shape index (κ3) is 4.74. The van der Waals surface area contributed by atoms with Crippen molar-refractivity contribution in [1.29, 1.82) is 0 Å². The number of likely N-dealkylation sites (tertiary alicyclic amines) is 1. The Morgan fingerprint density at radius 3 is 2.66 bits per heavy atom. The fourth-order valence-electron chi connectivity index (χ4n) is 3.59. The molecule has 1 amide bonds. The van der Waals surface area contributed by atoms with Gasteiger partial charge < -0.3 is 9.84 Å². The predicted octanol–water partition coefficient (Wildman–Crippen LogP) is 4.66. The van der Waals surface area contributed by atoms with Gasteiger partial charge >= 0.3 is 0 Å². The fourth-order valence-corrected chi connectivity index (χ4v) is 3.98. The minimum Gasteiger partial charge on any atom is -0.338 e. The van der Waals surface area contributed by atoms with E-state index in [0.29, 0.717) is 18.3 Å². The zero-order chi connectivity index (χ0) is 20.2. The summed E-state index contributed by atoms with van der Waals surface area (Å²) in [7, 11) is 0. The topological polar surface area (TPSA) is 71.3 Å². The number of aromatic nitrogens is 2. The van der Waals surface area contributed by atoms with E-state index in [2.05, 4.69) is 36.3 Å². The molecule has 1 N–H and O–H groups in total. The van der Waals surface area contributed by atoms with E-state index >= 15 is 0 Å². The summed E-state index contributed by atoms with van der Waals surface area (Å²) in [6.45, 7) is 4.30. The number of anilines is 1. The number of aryl methyl sites for hydroxylation is 1. The number of hydrogen-bond acceptors (Lipinski definition) is 5. The lowest BCUT2D eigenvalue weighted by Crippen LogP contribution is -2.37. The molecule has 3 aromatic rings. The Hall–Kier alpha value is -2.51. The van der Waals surface area contributed by atoms with Gasteiger partial charge in [-0.3, -0.25) is 9.69 Å². The largest absolute Gasteiger partial charge is 0.338 e. The normalized spacial score (nSPS) is 15.4. The molecule has 7 heteroatoms. The van der Waals surface area contributed by atoms with Crippen LogP contribution in [0.1, 0.15) is 24.3 Å². The van der Waals surface area contributed by atoms with Gasteiger partial charge in [0.15, 0.2) is 0 Å². The van der Waals surface area contributed by atoms with Gasteiger partial charge in [0, 0.05) is 16.0 Å². The molecule has 1 saturated heterocycles. The standard InChI is InChI=1S/C22H23BrN4O2/c1-15-6-2-3-7-17(15)21-25-20(29-26-21)14-27-12-10-16(11-13-27)22(28)24-19-9-5-4-8-18(19)23/h2-9,16H,10-14H2,1H3,(H,24,28). The van der Waals surface area contributed by atoms with Crippen molar-refractivity contribution in [2.45, 2.75) is 26.3 Å². The van der Waals surface area contributed by atoms with Crippen molar-refractivity contribution in [3.8, 4) is 11.4 Å². The summed E-state index contributed by atoms with van der Waals surface area (Å²) in [5.74, 6) is 1.33. The van der Waals surface area contributed by atoms with Crippen molar-refractivity contribution in [3.63, 3.8) is 0 Å². The van der Waals surface area contributed by atoms with Crippen LogP contribution in [0.4, 0.5) is 5.69 Å². The number of halogens is 1. The molecule has 0 saturated carbocycles. The van der Waals surface area contributed by atoms with Gasteiger partial charge in [0.25, 0.3) is 0 Å². The van der Waals surface area contributed by atoms with Gasteiger partial charge in [-0.15, -0.1) is 0 Å². The van der Waals surface area contributed by atoms with Crippen molar-refractivity contribution in [2.24, 2.45) is 5.92 Å². The molecule has 0 spiro atoms. The Labute approximate surface area is 178 Å². The van der Waals surface area contributed by atoms with Crippen LogP contribution in [0.15, 0.2) is 57.5 Å². The van der Waals surface area contributed by atoms with Gasteiger partial charge in [-0.1, -0.05) is 41.6 Å². The van der Waals surface area contributed by atoms with Gasteiger partial charge in [0.2, 0.25) is 17.6 Å². The molecule has 0 radical (unpaired) electrons. The van der Waals surface area contributed by atoms with Crippen molar-refractivity contribution in [1.82, 2.24) is 15.0 Å². The second-order valence-electron chi connectivity index (χ2n) is 7.35. The van der Waals surface area contributed by atoms with Crippen molar-refractivity contribution < 1.29 is 9.32 Å². The zero-order valence-electron chi connectivity index (χ0n) is 16.3. The number of rotatable bonds is 5. The second kappa shape index (κ2) is 8.88. The molecule has 0 unspecified atom stereocenters. The summed E-state index contributed by atoms with van der Waals surface area (Å²) in [6, 6.07) is 15.7. The van der Waals surface area contributed by atoms with Gasteiger partial charge in [0.05, 0.1) is 12.2 Å². The van der Waals surface area contributed by atoms with Crippen LogP contribution in [0.5, 0.6) is 0 Å². The van der Waals surface area contributed by atoms with E-state index in [1.54, 1.807) is 0 Å².